The predicted molar refractivity (Wildman–Crippen MR) is 118 cm³/mol. The topological polar surface area (TPSA) is 80.6 Å². The maximum Gasteiger partial charge on any atom is 0.341 e. The summed E-state index contributed by atoms with van der Waals surface area (Å²) < 4.78 is 23.0. The lowest BCUT2D eigenvalue weighted by molar-refractivity contribution is 0.0695. The van der Waals surface area contributed by atoms with Crippen molar-refractivity contribution in [1.82, 2.24) is 9.88 Å². The Balaban J connectivity index is 1.81. The van der Waals surface area contributed by atoms with Crippen LogP contribution >= 0.6 is 11.3 Å². The molecule has 6 nitrogen and oxygen atoms in total. The second kappa shape index (κ2) is 7.46. The zero-order valence-electron chi connectivity index (χ0n) is 17.3. The lowest BCUT2D eigenvalue weighted by Gasteiger charge is -2.21. The second-order valence-corrected chi connectivity index (χ2v) is 9.34. The molecule has 31 heavy (non-hydrogen) atoms. The van der Waals surface area contributed by atoms with Crippen LogP contribution in [0.25, 0.3) is 21.3 Å². The van der Waals surface area contributed by atoms with Crippen LogP contribution in [0.4, 0.5) is 4.39 Å². The number of nitrogens with one attached hydrogen (secondary N) is 1. The second-order valence-electron chi connectivity index (χ2n) is 8.20. The minimum absolute atomic E-state index is 0.0410. The summed E-state index contributed by atoms with van der Waals surface area (Å²) in [5, 5.41) is 12.9. The van der Waals surface area contributed by atoms with E-state index < -0.39 is 17.2 Å². The number of nitrogens with zero attached hydrogens (tertiary/aromatic N) is 1. The van der Waals surface area contributed by atoms with E-state index in [-0.39, 0.29) is 28.8 Å². The lowest BCUT2D eigenvalue weighted by atomic mass is 9.93. The monoisotopic (exact) mass is 442 g/mol. The predicted octanol–water partition coefficient (Wildman–Crippen LogP) is 4.51. The van der Waals surface area contributed by atoms with Gasteiger partial charge in [0.05, 0.1) is 23.6 Å². The quantitative estimate of drug-likeness (QED) is 0.608. The number of fused-ring (bicyclic) bond motifs is 2. The van der Waals surface area contributed by atoms with E-state index in [2.05, 4.69) is 5.32 Å². The number of pyridine rings is 1. The summed E-state index contributed by atoms with van der Waals surface area (Å²) in [4.78, 5) is 26.5. The number of thiophene rings is 1. The third-order valence-corrected chi connectivity index (χ3v) is 7.53. The van der Waals surface area contributed by atoms with Crippen LogP contribution in [0.5, 0.6) is 5.75 Å². The van der Waals surface area contributed by atoms with Crippen LogP contribution in [0.2, 0.25) is 0 Å². The highest BCUT2D eigenvalue weighted by Gasteiger charge is 2.31. The first kappa shape index (κ1) is 20.2. The van der Waals surface area contributed by atoms with Crippen molar-refractivity contribution in [1.29, 1.82) is 0 Å². The van der Waals surface area contributed by atoms with Gasteiger partial charge in [-0.1, -0.05) is 0 Å². The molecule has 1 fully saturated rings. The molecule has 0 bridgehead atoms. The lowest BCUT2D eigenvalue weighted by Crippen LogP contribution is -2.20. The minimum Gasteiger partial charge on any atom is -0.494 e. The number of halogens is 1. The molecule has 2 aliphatic carbocycles. The van der Waals surface area contributed by atoms with Gasteiger partial charge in [-0.25, -0.2) is 9.18 Å². The highest BCUT2D eigenvalue weighted by atomic mass is 32.1. The number of carbonyl (C=O) groups is 1. The first-order valence-corrected chi connectivity index (χ1v) is 11.2. The van der Waals surface area contributed by atoms with E-state index in [1.807, 2.05) is 13.1 Å². The number of methoxy groups -OCH3 is 1. The van der Waals surface area contributed by atoms with Crippen LogP contribution < -0.4 is 15.5 Å². The van der Waals surface area contributed by atoms with Crippen molar-refractivity contribution in [2.75, 3.05) is 14.2 Å². The summed E-state index contributed by atoms with van der Waals surface area (Å²) in [7, 11) is 3.40. The molecule has 0 saturated heterocycles. The first-order valence-electron chi connectivity index (χ1n) is 10.4. The number of aromatic nitrogens is 1. The molecule has 162 valence electrons. The fourth-order valence-corrected chi connectivity index (χ4v) is 5.96. The van der Waals surface area contributed by atoms with E-state index in [4.69, 9.17) is 4.74 Å². The van der Waals surface area contributed by atoms with Crippen LogP contribution in [-0.2, 0) is 6.42 Å². The average molecular weight is 443 g/mol. The van der Waals surface area contributed by atoms with Gasteiger partial charge in [0.25, 0.3) is 0 Å². The van der Waals surface area contributed by atoms with E-state index in [1.165, 1.54) is 29.8 Å². The molecule has 2 aromatic heterocycles. The zero-order chi connectivity index (χ0) is 21.9. The summed E-state index contributed by atoms with van der Waals surface area (Å²) in [6.45, 7) is 0. The number of carboxylic acid groups (broad SMARTS) is 1. The van der Waals surface area contributed by atoms with Crippen LogP contribution in [0, 0.1) is 5.82 Å². The molecule has 1 saturated carbocycles. The van der Waals surface area contributed by atoms with Gasteiger partial charge in [0, 0.05) is 28.0 Å². The number of hydrogen-bond donors (Lipinski definition) is 2. The Morgan fingerprint density at radius 2 is 2.10 bits per heavy atom. The molecule has 1 unspecified atom stereocenters. The summed E-state index contributed by atoms with van der Waals surface area (Å²) in [5.74, 6) is -1.60. The number of aromatic carboxylic acids is 1. The van der Waals surface area contributed by atoms with E-state index in [0.717, 1.165) is 37.0 Å². The molecule has 0 aliphatic heterocycles. The van der Waals surface area contributed by atoms with Crippen molar-refractivity contribution >= 4 is 28.2 Å². The van der Waals surface area contributed by atoms with Gasteiger partial charge < -0.3 is 19.7 Å². The van der Waals surface area contributed by atoms with Gasteiger partial charge in [0.2, 0.25) is 5.43 Å². The van der Waals surface area contributed by atoms with E-state index in [9.17, 15) is 14.7 Å². The van der Waals surface area contributed by atoms with Crippen LogP contribution in [0.3, 0.4) is 0 Å². The fraction of sp³-hybridized carbons (Fsp3) is 0.391. The Morgan fingerprint density at radius 3 is 2.74 bits per heavy atom. The van der Waals surface area contributed by atoms with E-state index >= 15 is 4.39 Å². The Hall–Kier alpha value is -2.71. The molecular weight excluding hydrogens is 419 g/mol. The van der Waals surface area contributed by atoms with Crippen molar-refractivity contribution in [3.63, 3.8) is 0 Å². The standard InChI is InChI=1S/C23H23FN2O4S/c1-25-16-4-3-5-17-12(16)9-18(31-17)19-15(24)8-13-20(22(19)30-2)26(11-6-7-11)10-14(21(13)27)23(28)29/h8-11,16,25H,3-7H2,1-2H3,(H,28,29). The number of aryl methyl sites for hydroxylation is 1. The van der Waals surface area contributed by atoms with Crippen molar-refractivity contribution < 1.29 is 19.0 Å². The van der Waals surface area contributed by atoms with Gasteiger partial charge in [-0.3, -0.25) is 4.79 Å². The number of benzene rings is 1. The summed E-state index contributed by atoms with van der Waals surface area (Å²) in [6.07, 6.45) is 6.22. The van der Waals surface area contributed by atoms with Gasteiger partial charge in [-0.05, 0) is 56.8 Å². The molecular formula is C23H23FN2O4S. The zero-order valence-corrected chi connectivity index (χ0v) is 18.1. The number of carboxylic acids is 1. The van der Waals surface area contributed by atoms with Gasteiger partial charge >= 0.3 is 5.97 Å². The molecule has 1 aromatic carbocycles. The maximum absolute atomic E-state index is 15.5. The summed E-state index contributed by atoms with van der Waals surface area (Å²) in [6, 6.07) is 3.53. The molecule has 2 aliphatic rings. The molecule has 3 aromatic rings. The largest absolute Gasteiger partial charge is 0.494 e. The molecule has 1 atom stereocenters. The van der Waals surface area contributed by atoms with E-state index in [1.54, 1.807) is 15.9 Å². The van der Waals surface area contributed by atoms with Crippen molar-refractivity contribution in [3.05, 3.63) is 50.4 Å². The van der Waals surface area contributed by atoms with E-state index in [0.29, 0.717) is 11.1 Å². The molecule has 0 radical (unpaired) electrons. The summed E-state index contributed by atoms with van der Waals surface area (Å²) >= 11 is 1.56. The highest BCUT2D eigenvalue weighted by molar-refractivity contribution is 7.15. The Kier molecular flexibility index (Phi) is 4.86. The van der Waals surface area contributed by atoms with Gasteiger partial charge in [-0.2, -0.15) is 0 Å². The number of hydrogen-bond acceptors (Lipinski definition) is 5. The third kappa shape index (κ3) is 3.16. The van der Waals surface area contributed by atoms with Crippen molar-refractivity contribution in [3.8, 4) is 16.2 Å². The molecule has 5 rings (SSSR count). The number of ether oxygens (including phenoxy) is 1. The van der Waals surface area contributed by atoms with Crippen LogP contribution in [0.1, 0.15) is 58.6 Å². The third-order valence-electron chi connectivity index (χ3n) is 6.31. The molecule has 0 amide bonds. The Bertz CT molecular complexity index is 1280. The van der Waals surface area contributed by atoms with Gasteiger partial charge in [0.1, 0.15) is 11.4 Å². The smallest absolute Gasteiger partial charge is 0.341 e. The highest BCUT2D eigenvalue weighted by Crippen LogP contribution is 2.47. The first-order chi connectivity index (χ1) is 14.9. The minimum atomic E-state index is -1.31. The normalized spacial score (nSPS) is 18.2. The molecule has 2 heterocycles. The van der Waals surface area contributed by atoms with Crippen molar-refractivity contribution in [2.24, 2.45) is 0 Å². The SMILES string of the molecule is CNC1CCCc2sc(-c3c(F)cc4c(=O)c(C(=O)O)cn(C5CC5)c4c3OC)cc21. The van der Waals surface area contributed by atoms with Gasteiger partial charge in [0.15, 0.2) is 5.75 Å². The van der Waals surface area contributed by atoms with Crippen molar-refractivity contribution in [2.45, 2.75) is 44.2 Å². The maximum atomic E-state index is 15.5. The van der Waals surface area contributed by atoms with Gasteiger partial charge in [-0.15, -0.1) is 11.3 Å². The van der Waals surface area contributed by atoms with Crippen LogP contribution in [-0.4, -0.2) is 29.8 Å². The average Bonchev–Trinajstić information content (AvgIpc) is 3.50. The number of rotatable bonds is 5. The molecule has 0 spiro atoms. The molecule has 2 N–H and O–H groups in total. The molecule has 8 heteroatoms. The van der Waals surface area contributed by atoms with Crippen LogP contribution in [0.15, 0.2) is 23.1 Å². The Labute approximate surface area is 182 Å². The fourth-order valence-electron chi connectivity index (χ4n) is 4.65. The Morgan fingerprint density at radius 1 is 1.32 bits per heavy atom. The summed E-state index contributed by atoms with van der Waals surface area (Å²) in [5.41, 5.74) is 0.950.